The summed E-state index contributed by atoms with van der Waals surface area (Å²) in [6, 6.07) is 2.08. The lowest BCUT2D eigenvalue weighted by atomic mass is 9.86. The van der Waals surface area contributed by atoms with Gasteiger partial charge in [0.25, 0.3) is 0 Å². The molecule has 2 heterocycles. The van der Waals surface area contributed by atoms with Gasteiger partial charge in [0.1, 0.15) is 5.76 Å². The zero-order valence-electron chi connectivity index (χ0n) is 14.0. The average molecular weight is 349 g/mol. The van der Waals surface area contributed by atoms with E-state index in [1.165, 1.54) is 35.7 Å². The molecule has 2 atom stereocenters. The van der Waals surface area contributed by atoms with Crippen LogP contribution in [0.3, 0.4) is 0 Å². The minimum atomic E-state index is 0.0165. The second kappa shape index (κ2) is 7.29. The van der Waals surface area contributed by atoms with Crippen molar-refractivity contribution >= 4 is 17.7 Å². The van der Waals surface area contributed by atoms with Gasteiger partial charge < -0.3 is 15.6 Å². The van der Waals surface area contributed by atoms with E-state index >= 15 is 0 Å². The molecule has 1 aliphatic carbocycles. The summed E-state index contributed by atoms with van der Waals surface area (Å²) >= 11 is 1.29. The van der Waals surface area contributed by atoms with Crippen LogP contribution in [0.5, 0.6) is 0 Å². The van der Waals surface area contributed by atoms with E-state index in [9.17, 15) is 4.79 Å². The van der Waals surface area contributed by atoms with E-state index in [2.05, 4.69) is 22.4 Å². The SMILES string of the molecule is Cc1occc1-c1nnc(SCC(=O)NC2CCCCC2C)n1N. The van der Waals surface area contributed by atoms with E-state index < -0.39 is 0 Å². The van der Waals surface area contributed by atoms with Gasteiger partial charge in [0.15, 0.2) is 5.82 Å². The van der Waals surface area contributed by atoms with Crippen molar-refractivity contribution < 1.29 is 9.21 Å². The zero-order chi connectivity index (χ0) is 17.1. The zero-order valence-corrected chi connectivity index (χ0v) is 14.8. The Morgan fingerprint density at radius 3 is 2.96 bits per heavy atom. The normalized spacial score (nSPS) is 20.9. The molecular weight excluding hydrogens is 326 g/mol. The van der Waals surface area contributed by atoms with Gasteiger partial charge in [-0.05, 0) is 31.7 Å². The van der Waals surface area contributed by atoms with Crippen molar-refractivity contribution in [3.8, 4) is 11.4 Å². The van der Waals surface area contributed by atoms with Crippen LogP contribution in [0.15, 0.2) is 21.9 Å². The molecule has 0 aliphatic heterocycles. The fourth-order valence-electron chi connectivity index (χ4n) is 3.09. The van der Waals surface area contributed by atoms with Crippen LogP contribution in [0.4, 0.5) is 0 Å². The van der Waals surface area contributed by atoms with Gasteiger partial charge in [0.2, 0.25) is 11.1 Å². The van der Waals surface area contributed by atoms with Gasteiger partial charge in [0.05, 0.1) is 17.6 Å². The number of hydrogen-bond acceptors (Lipinski definition) is 6. The van der Waals surface area contributed by atoms with E-state index in [0.29, 0.717) is 16.9 Å². The van der Waals surface area contributed by atoms with Crippen molar-refractivity contribution in [1.82, 2.24) is 20.2 Å². The summed E-state index contributed by atoms with van der Waals surface area (Å²) in [4.78, 5) is 12.2. The third-order valence-electron chi connectivity index (χ3n) is 4.55. The Morgan fingerprint density at radius 2 is 2.25 bits per heavy atom. The molecule has 0 saturated heterocycles. The number of carbonyl (C=O) groups excluding carboxylic acids is 1. The van der Waals surface area contributed by atoms with Crippen LogP contribution >= 0.6 is 11.8 Å². The Labute approximate surface area is 145 Å². The molecule has 0 bridgehead atoms. The van der Waals surface area contributed by atoms with Gasteiger partial charge in [0, 0.05) is 6.04 Å². The highest BCUT2D eigenvalue weighted by atomic mass is 32.2. The van der Waals surface area contributed by atoms with E-state index in [4.69, 9.17) is 10.3 Å². The summed E-state index contributed by atoms with van der Waals surface area (Å²) in [6.45, 7) is 4.04. The first-order valence-electron chi connectivity index (χ1n) is 8.23. The number of nitrogens with zero attached hydrogens (tertiary/aromatic N) is 3. The molecule has 1 fully saturated rings. The molecule has 2 aromatic rings. The first kappa shape index (κ1) is 16.9. The number of nitrogens with two attached hydrogens (primary N) is 1. The van der Waals surface area contributed by atoms with Crippen molar-refractivity contribution in [2.75, 3.05) is 11.6 Å². The fraction of sp³-hybridized carbons (Fsp3) is 0.562. The van der Waals surface area contributed by atoms with Crippen LogP contribution in [0.1, 0.15) is 38.4 Å². The van der Waals surface area contributed by atoms with E-state index in [1.54, 1.807) is 12.3 Å². The Morgan fingerprint density at radius 1 is 1.46 bits per heavy atom. The lowest BCUT2D eigenvalue weighted by Crippen LogP contribution is -2.41. The Balaban J connectivity index is 1.58. The first-order valence-corrected chi connectivity index (χ1v) is 9.22. The van der Waals surface area contributed by atoms with Crippen molar-refractivity contribution in [3.63, 3.8) is 0 Å². The van der Waals surface area contributed by atoms with Crippen molar-refractivity contribution in [1.29, 1.82) is 0 Å². The molecular formula is C16H23N5O2S. The summed E-state index contributed by atoms with van der Waals surface area (Å²) in [5.41, 5.74) is 0.803. The predicted octanol–water partition coefficient (Wildman–Crippen LogP) is 2.35. The number of nitrogens with one attached hydrogen (secondary N) is 1. The molecule has 130 valence electrons. The van der Waals surface area contributed by atoms with Crippen LogP contribution in [-0.2, 0) is 4.79 Å². The maximum absolute atomic E-state index is 12.2. The topological polar surface area (TPSA) is 99.0 Å². The smallest absolute Gasteiger partial charge is 0.230 e. The lowest BCUT2D eigenvalue weighted by Gasteiger charge is -2.29. The van der Waals surface area contributed by atoms with Crippen molar-refractivity contribution in [2.45, 2.75) is 50.7 Å². The second-order valence-electron chi connectivity index (χ2n) is 6.29. The van der Waals surface area contributed by atoms with Gasteiger partial charge >= 0.3 is 0 Å². The third kappa shape index (κ3) is 3.58. The Hall–Kier alpha value is -1.96. The predicted molar refractivity (Wildman–Crippen MR) is 92.9 cm³/mol. The minimum absolute atomic E-state index is 0.0165. The maximum Gasteiger partial charge on any atom is 0.230 e. The first-order chi connectivity index (χ1) is 11.6. The molecule has 24 heavy (non-hydrogen) atoms. The minimum Gasteiger partial charge on any atom is -0.469 e. The largest absolute Gasteiger partial charge is 0.469 e. The van der Waals surface area contributed by atoms with E-state index in [0.717, 1.165) is 17.7 Å². The average Bonchev–Trinajstić information content (AvgIpc) is 3.13. The number of hydrogen-bond donors (Lipinski definition) is 2. The molecule has 1 saturated carbocycles. The van der Waals surface area contributed by atoms with Gasteiger partial charge in [-0.1, -0.05) is 31.5 Å². The van der Waals surface area contributed by atoms with Crippen LogP contribution in [0.2, 0.25) is 0 Å². The summed E-state index contributed by atoms with van der Waals surface area (Å²) in [7, 11) is 0. The molecule has 3 N–H and O–H groups in total. The molecule has 2 unspecified atom stereocenters. The number of aromatic nitrogens is 3. The molecule has 0 aromatic carbocycles. The number of thioether (sulfide) groups is 1. The lowest BCUT2D eigenvalue weighted by molar-refractivity contribution is -0.119. The standard InChI is InChI=1S/C16H23N5O2S/c1-10-5-3-4-6-13(10)18-14(22)9-24-16-20-19-15(21(16)17)12-7-8-23-11(12)2/h7-8,10,13H,3-6,9,17H2,1-2H3,(H,18,22). The van der Waals surface area contributed by atoms with Gasteiger partial charge in [-0.3, -0.25) is 4.79 Å². The third-order valence-corrected chi connectivity index (χ3v) is 5.50. The number of amides is 1. The highest BCUT2D eigenvalue weighted by Gasteiger charge is 2.23. The maximum atomic E-state index is 12.2. The highest BCUT2D eigenvalue weighted by molar-refractivity contribution is 7.99. The molecule has 8 heteroatoms. The van der Waals surface area contributed by atoms with E-state index in [-0.39, 0.29) is 17.7 Å². The number of aryl methyl sites for hydroxylation is 1. The summed E-state index contributed by atoms with van der Waals surface area (Å²) in [6.07, 6.45) is 6.28. The van der Waals surface area contributed by atoms with Crippen molar-refractivity contribution in [2.24, 2.45) is 5.92 Å². The molecule has 7 nitrogen and oxygen atoms in total. The molecule has 1 aliphatic rings. The Bertz CT molecular complexity index is 711. The second-order valence-corrected chi connectivity index (χ2v) is 7.23. The molecule has 0 radical (unpaired) electrons. The fourth-order valence-corrected chi connectivity index (χ4v) is 3.75. The summed E-state index contributed by atoms with van der Waals surface area (Å²) < 4.78 is 6.67. The molecule has 0 spiro atoms. The van der Waals surface area contributed by atoms with Gasteiger partial charge in [-0.2, -0.15) is 0 Å². The molecule has 1 amide bonds. The van der Waals surface area contributed by atoms with Crippen LogP contribution in [-0.4, -0.2) is 32.6 Å². The van der Waals surface area contributed by atoms with E-state index in [1.807, 2.05) is 6.92 Å². The van der Waals surface area contributed by atoms with Crippen LogP contribution in [0.25, 0.3) is 11.4 Å². The quantitative estimate of drug-likeness (QED) is 0.635. The highest BCUT2D eigenvalue weighted by Crippen LogP contribution is 2.26. The van der Waals surface area contributed by atoms with Gasteiger partial charge in [-0.25, -0.2) is 4.68 Å². The van der Waals surface area contributed by atoms with Gasteiger partial charge in [-0.15, -0.1) is 10.2 Å². The molecule has 3 rings (SSSR count). The number of furan rings is 1. The molecule has 2 aromatic heterocycles. The van der Waals surface area contributed by atoms with Crippen LogP contribution in [0, 0.1) is 12.8 Å². The summed E-state index contributed by atoms with van der Waals surface area (Å²) in [5, 5.41) is 11.8. The monoisotopic (exact) mass is 349 g/mol. The van der Waals surface area contributed by atoms with Crippen LogP contribution < -0.4 is 11.2 Å². The number of rotatable bonds is 5. The van der Waals surface area contributed by atoms with Crippen molar-refractivity contribution in [3.05, 3.63) is 18.1 Å². The Kier molecular flexibility index (Phi) is 5.13. The number of nitrogen functional groups attached to an aromatic ring is 1. The number of carbonyl (C=O) groups is 1. The summed E-state index contributed by atoms with van der Waals surface area (Å²) in [5.74, 6) is 8.16.